The van der Waals surface area contributed by atoms with Crippen molar-refractivity contribution in [2.75, 3.05) is 18.5 Å². The van der Waals surface area contributed by atoms with Crippen LogP contribution < -0.4 is 14.8 Å². The Balaban J connectivity index is 1.37. The summed E-state index contributed by atoms with van der Waals surface area (Å²) in [4.78, 5) is 8.59. The number of nitrogens with one attached hydrogen (secondary N) is 1. The number of hydrogen-bond donors (Lipinski definition) is 1. The Hall–Kier alpha value is -3.61. The summed E-state index contributed by atoms with van der Waals surface area (Å²) in [5.74, 6) is 3.90. The van der Waals surface area contributed by atoms with Gasteiger partial charge in [0.1, 0.15) is 36.0 Å². The van der Waals surface area contributed by atoms with Crippen LogP contribution in [-0.4, -0.2) is 32.7 Å². The molecule has 0 radical (unpaired) electrons. The second-order valence-corrected chi connectivity index (χ2v) is 6.76. The normalized spacial score (nSPS) is 10.9. The van der Waals surface area contributed by atoms with Gasteiger partial charge < -0.3 is 14.8 Å². The third-order valence-corrected chi connectivity index (χ3v) is 4.68. The van der Waals surface area contributed by atoms with Crippen LogP contribution in [0.15, 0.2) is 54.9 Å². The summed E-state index contributed by atoms with van der Waals surface area (Å²) < 4.78 is 13.5. The van der Waals surface area contributed by atoms with Gasteiger partial charge in [-0.15, -0.1) is 0 Å². The summed E-state index contributed by atoms with van der Waals surface area (Å²) >= 11 is 0. The van der Waals surface area contributed by atoms with E-state index in [1.807, 2.05) is 69.3 Å². The van der Waals surface area contributed by atoms with Gasteiger partial charge in [-0.1, -0.05) is 18.2 Å². The SMILES string of the molecule is Cc1cc(Oc2ccccc2)ccc1OCCNc1c(C)c(C)nc2ncnn12. The molecule has 4 rings (SSSR count). The number of nitrogens with zero attached hydrogens (tertiary/aromatic N) is 4. The lowest BCUT2D eigenvalue weighted by Crippen LogP contribution is -2.16. The third-order valence-electron chi connectivity index (χ3n) is 4.68. The Bertz CT molecular complexity index is 1120. The average molecular weight is 389 g/mol. The lowest BCUT2D eigenvalue weighted by atomic mass is 10.2. The zero-order chi connectivity index (χ0) is 20.2. The minimum absolute atomic E-state index is 0.511. The monoisotopic (exact) mass is 389 g/mol. The fourth-order valence-electron chi connectivity index (χ4n) is 3.04. The Kier molecular flexibility index (Phi) is 5.29. The third kappa shape index (κ3) is 4.13. The molecule has 29 heavy (non-hydrogen) atoms. The van der Waals surface area contributed by atoms with E-state index in [4.69, 9.17) is 9.47 Å². The number of para-hydroxylation sites is 1. The van der Waals surface area contributed by atoms with Crippen molar-refractivity contribution in [2.45, 2.75) is 20.8 Å². The second kappa shape index (κ2) is 8.18. The van der Waals surface area contributed by atoms with E-state index < -0.39 is 0 Å². The van der Waals surface area contributed by atoms with Crippen LogP contribution in [0.1, 0.15) is 16.8 Å². The second-order valence-electron chi connectivity index (χ2n) is 6.76. The van der Waals surface area contributed by atoms with Crippen molar-refractivity contribution in [3.8, 4) is 17.2 Å². The Morgan fingerprint density at radius 1 is 1.00 bits per heavy atom. The molecule has 7 heteroatoms. The van der Waals surface area contributed by atoms with Gasteiger partial charge in [-0.3, -0.25) is 0 Å². The molecule has 0 bridgehead atoms. The largest absolute Gasteiger partial charge is 0.491 e. The summed E-state index contributed by atoms with van der Waals surface area (Å²) in [5, 5.41) is 7.63. The molecule has 0 fully saturated rings. The maximum Gasteiger partial charge on any atom is 0.254 e. The summed E-state index contributed by atoms with van der Waals surface area (Å²) in [6.45, 7) is 7.13. The van der Waals surface area contributed by atoms with Crippen LogP contribution in [0.5, 0.6) is 17.2 Å². The molecule has 7 nitrogen and oxygen atoms in total. The molecule has 0 amide bonds. The first-order chi connectivity index (χ1) is 14.1. The van der Waals surface area contributed by atoms with Crippen molar-refractivity contribution >= 4 is 11.6 Å². The molecule has 0 atom stereocenters. The number of benzene rings is 2. The Morgan fingerprint density at radius 3 is 2.62 bits per heavy atom. The van der Waals surface area contributed by atoms with Crippen LogP contribution in [-0.2, 0) is 0 Å². The first-order valence-electron chi connectivity index (χ1n) is 9.49. The molecule has 2 heterocycles. The van der Waals surface area contributed by atoms with Gasteiger partial charge in [-0.25, -0.2) is 4.98 Å². The predicted octanol–water partition coefficient (Wildman–Crippen LogP) is 4.33. The van der Waals surface area contributed by atoms with E-state index in [9.17, 15) is 0 Å². The number of ether oxygens (including phenoxy) is 2. The van der Waals surface area contributed by atoms with Crippen molar-refractivity contribution in [3.63, 3.8) is 0 Å². The summed E-state index contributed by atoms with van der Waals surface area (Å²) in [5.41, 5.74) is 2.99. The van der Waals surface area contributed by atoms with Gasteiger partial charge in [0.25, 0.3) is 5.78 Å². The van der Waals surface area contributed by atoms with E-state index in [0.29, 0.717) is 18.9 Å². The molecule has 2 aromatic carbocycles. The van der Waals surface area contributed by atoms with E-state index >= 15 is 0 Å². The minimum Gasteiger partial charge on any atom is -0.491 e. The molecule has 0 aliphatic rings. The molecule has 0 saturated heterocycles. The predicted molar refractivity (Wildman–Crippen MR) is 112 cm³/mol. The molecule has 2 aromatic heterocycles. The quantitative estimate of drug-likeness (QED) is 0.474. The maximum absolute atomic E-state index is 5.95. The molecule has 0 aliphatic carbocycles. The van der Waals surface area contributed by atoms with Crippen molar-refractivity contribution in [1.82, 2.24) is 19.6 Å². The van der Waals surface area contributed by atoms with Gasteiger partial charge in [-0.2, -0.15) is 14.6 Å². The minimum atomic E-state index is 0.511. The smallest absolute Gasteiger partial charge is 0.254 e. The molecule has 0 aliphatic heterocycles. The number of hydrogen-bond acceptors (Lipinski definition) is 6. The molecular formula is C22H23N5O2. The fraction of sp³-hybridized carbons (Fsp3) is 0.227. The van der Waals surface area contributed by atoms with Crippen molar-refractivity contribution in [3.05, 3.63) is 71.7 Å². The van der Waals surface area contributed by atoms with Crippen LogP contribution in [0, 0.1) is 20.8 Å². The highest BCUT2D eigenvalue weighted by Crippen LogP contribution is 2.27. The molecule has 0 saturated carbocycles. The standard InChI is InChI=1S/C22H23N5O2/c1-15-13-19(29-18-7-5-4-6-8-18)9-10-20(15)28-12-11-23-21-16(2)17(3)26-22-24-14-25-27(21)22/h4-10,13-14,23H,11-12H2,1-3H3. The van der Waals surface area contributed by atoms with Gasteiger partial charge in [0.15, 0.2) is 0 Å². The van der Waals surface area contributed by atoms with Crippen LogP contribution >= 0.6 is 0 Å². The number of anilines is 1. The van der Waals surface area contributed by atoms with Gasteiger partial charge in [-0.05, 0) is 56.7 Å². The van der Waals surface area contributed by atoms with Crippen LogP contribution in [0.3, 0.4) is 0 Å². The number of rotatable bonds is 7. The zero-order valence-corrected chi connectivity index (χ0v) is 16.7. The number of fused-ring (bicyclic) bond motifs is 1. The molecule has 0 unspecified atom stereocenters. The van der Waals surface area contributed by atoms with E-state index in [1.54, 1.807) is 4.52 Å². The lowest BCUT2D eigenvalue weighted by molar-refractivity contribution is 0.329. The number of aromatic nitrogens is 4. The lowest BCUT2D eigenvalue weighted by Gasteiger charge is -2.14. The van der Waals surface area contributed by atoms with Gasteiger partial charge in [0, 0.05) is 11.3 Å². The van der Waals surface area contributed by atoms with Crippen molar-refractivity contribution < 1.29 is 9.47 Å². The average Bonchev–Trinajstić information content (AvgIpc) is 3.18. The summed E-state index contributed by atoms with van der Waals surface area (Å²) in [6.07, 6.45) is 1.51. The molecule has 4 aromatic rings. The molecular weight excluding hydrogens is 366 g/mol. The zero-order valence-electron chi connectivity index (χ0n) is 16.7. The number of aryl methyl sites for hydroxylation is 2. The van der Waals surface area contributed by atoms with E-state index in [2.05, 4.69) is 20.4 Å². The summed E-state index contributed by atoms with van der Waals surface area (Å²) in [6, 6.07) is 15.6. The van der Waals surface area contributed by atoms with Crippen molar-refractivity contribution in [2.24, 2.45) is 0 Å². The highest BCUT2D eigenvalue weighted by atomic mass is 16.5. The van der Waals surface area contributed by atoms with Gasteiger partial charge in [0.05, 0.1) is 6.54 Å². The van der Waals surface area contributed by atoms with E-state index in [0.717, 1.165) is 39.9 Å². The van der Waals surface area contributed by atoms with Crippen LogP contribution in [0.4, 0.5) is 5.82 Å². The Morgan fingerprint density at radius 2 is 1.83 bits per heavy atom. The first-order valence-corrected chi connectivity index (χ1v) is 9.49. The highest BCUT2D eigenvalue weighted by molar-refractivity contribution is 5.51. The van der Waals surface area contributed by atoms with E-state index in [-0.39, 0.29) is 0 Å². The van der Waals surface area contributed by atoms with Gasteiger partial charge in [0.2, 0.25) is 0 Å². The molecule has 0 spiro atoms. The first kappa shape index (κ1) is 18.7. The fourth-order valence-corrected chi connectivity index (χ4v) is 3.04. The van der Waals surface area contributed by atoms with Crippen molar-refractivity contribution in [1.29, 1.82) is 0 Å². The maximum atomic E-state index is 5.95. The van der Waals surface area contributed by atoms with Crippen LogP contribution in [0.25, 0.3) is 5.78 Å². The van der Waals surface area contributed by atoms with E-state index in [1.165, 1.54) is 6.33 Å². The molecule has 148 valence electrons. The topological polar surface area (TPSA) is 73.6 Å². The highest BCUT2D eigenvalue weighted by Gasteiger charge is 2.10. The molecule has 1 N–H and O–H groups in total. The van der Waals surface area contributed by atoms with Gasteiger partial charge >= 0.3 is 0 Å². The van der Waals surface area contributed by atoms with Crippen LogP contribution in [0.2, 0.25) is 0 Å². The summed E-state index contributed by atoms with van der Waals surface area (Å²) in [7, 11) is 0. The Labute approximate surface area is 169 Å².